The van der Waals surface area contributed by atoms with Crippen LogP contribution in [0, 0.1) is 5.92 Å². The molecular formula is C21H28N4O2. The van der Waals surface area contributed by atoms with Crippen LogP contribution in [-0.4, -0.2) is 61.6 Å². The van der Waals surface area contributed by atoms with Crippen LogP contribution in [0.5, 0.6) is 0 Å². The van der Waals surface area contributed by atoms with Crippen molar-refractivity contribution >= 4 is 22.7 Å². The van der Waals surface area contributed by atoms with Crippen molar-refractivity contribution in [3.63, 3.8) is 0 Å². The number of fused-ring (bicyclic) bond motifs is 1. The van der Waals surface area contributed by atoms with Crippen LogP contribution in [0.25, 0.3) is 11.0 Å². The summed E-state index contributed by atoms with van der Waals surface area (Å²) in [6, 6.07) is 8.20. The van der Waals surface area contributed by atoms with Gasteiger partial charge in [-0.2, -0.15) is 0 Å². The van der Waals surface area contributed by atoms with Crippen LogP contribution < -0.4 is 9.80 Å². The number of morpholine rings is 1. The number of anilines is 2. The summed E-state index contributed by atoms with van der Waals surface area (Å²) in [4.78, 5) is 14.9. The van der Waals surface area contributed by atoms with Gasteiger partial charge in [0.15, 0.2) is 11.6 Å². The topological polar surface area (TPSA) is 50.7 Å². The van der Waals surface area contributed by atoms with Gasteiger partial charge in [0.2, 0.25) is 0 Å². The highest BCUT2D eigenvalue weighted by molar-refractivity contribution is 5.81. The van der Waals surface area contributed by atoms with Gasteiger partial charge in [0.25, 0.3) is 0 Å². The molecule has 0 saturated carbocycles. The fourth-order valence-corrected chi connectivity index (χ4v) is 4.48. The summed E-state index contributed by atoms with van der Waals surface area (Å²) in [6.45, 7) is 8.32. The van der Waals surface area contributed by atoms with E-state index in [0.717, 1.165) is 67.8 Å². The third-order valence-electron chi connectivity index (χ3n) is 6.23. The van der Waals surface area contributed by atoms with E-state index in [9.17, 15) is 0 Å². The highest BCUT2D eigenvalue weighted by Gasteiger charge is 2.41. The van der Waals surface area contributed by atoms with E-state index in [0.29, 0.717) is 13.2 Å². The smallest absolute Gasteiger partial charge is 0.172 e. The van der Waals surface area contributed by atoms with Crippen LogP contribution in [0.1, 0.15) is 26.2 Å². The minimum Gasteiger partial charge on any atom is -0.378 e. The average Bonchev–Trinajstić information content (AvgIpc) is 3.15. The van der Waals surface area contributed by atoms with Crippen LogP contribution in [0.2, 0.25) is 0 Å². The molecule has 4 heterocycles. The Morgan fingerprint density at radius 3 is 2.33 bits per heavy atom. The molecule has 6 heteroatoms. The van der Waals surface area contributed by atoms with E-state index in [4.69, 9.17) is 19.4 Å². The van der Waals surface area contributed by atoms with Crippen LogP contribution in [0.3, 0.4) is 0 Å². The van der Waals surface area contributed by atoms with Crippen LogP contribution in [0.15, 0.2) is 24.3 Å². The maximum atomic E-state index is 6.14. The molecule has 3 aliphatic heterocycles. The minimum absolute atomic E-state index is 0.181. The van der Waals surface area contributed by atoms with E-state index in [2.05, 4.69) is 28.9 Å². The number of benzene rings is 1. The number of para-hydroxylation sites is 2. The number of ether oxygens (including phenoxy) is 2. The summed E-state index contributed by atoms with van der Waals surface area (Å²) in [7, 11) is 0. The molecule has 0 N–H and O–H groups in total. The largest absolute Gasteiger partial charge is 0.378 e. The lowest BCUT2D eigenvalue weighted by atomic mass is 9.99. The molecule has 1 unspecified atom stereocenters. The molecule has 3 saturated heterocycles. The number of hydrogen-bond acceptors (Lipinski definition) is 6. The zero-order chi connectivity index (χ0) is 18.3. The Labute approximate surface area is 160 Å². The maximum absolute atomic E-state index is 6.14. The van der Waals surface area contributed by atoms with E-state index in [1.165, 1.54) is 12.8 Å². The summed E-state index contributed by atoms with van der Waals surface area (Å²) in [5.41, 5.74) is 1.76. The SMILES string of the molecule is CC1CCN(c2nc3ccccc3nc2N2CCOC3(CCOC3)C2)CC1. The predicted octanol–water partition coefficient (Wildman–Crippen LogP) is 2.86. The number of hydrogen-bond donors (Lipinski definition) is 0. The molecule has 144 valence electrons. The third-order valence-corrected chi connectivity index (χ3v) is 6.23. The second kappa shape index (κ2) is 6.91. The third kappa shape index (κ3) is 3.25. The lowest BCUT2D eigenvalue weighted by Gasteiger charge is -2.41. The average molecular weight is 368 g/mol. The first-order chi connectivity index (χ1) is 13.2. The minimum atomic E-state index is -0.181. The fraction of sp³-hybridized carbons (Fsp3) is 0.619. The molecule has 5 rings (SSSR count). The Hall–Kier alpha value is -1.92. The quantitative estimate of drug-likeness (QED) is 0.812. The number of nitrogens with zero attached hydrogens (tertiary/aromatic N) is 4. The van der Waals surface area contributed by atoms with Gasteiger partial charge >= 0.3 is 0 Å². The molecule has 6 nitrogen and oxygen atoms in total. The van der Waals surface area contributed by atoms with Crippen molar-refractivity contribution in [3.05, 3.63) is 24.3 Å². The van der Waals surface area contributed by atoms with Gasteiger partial charge in [-0.1, -0.05) is 19.1 Å². The first-order valence-corrected chi connectivity index (χ1v) is 10.2. The zero-order valence-electron chi connectivity index (χ0n) is 16.1. The number of rotatable bonds is 2. The summed E-state index contributed by atoms with van der Waals surface area (Å²) in [6.07, 6.45) is 3.39. The molecule has 1 aromatic carbocycles. The van der Waals surface area contributed by atoms with E-state index in [1.54, 1.807) is 0 Å². The van der Waals surface area contributed by atoms with Gasteiger partial charge in [0.05, 0.1) is 30.8 Å². The Morgan fingerprint density at radius 1 is 0.963 bits per heavy atom. The van der Waals surface area contributed by atoms with Crippen LogP contribution in [0.4, 0.5) is 11.6 Å². The summed E-state index contributed by atoms with van der Waals surface area (Å²) < 4.78 is 11.8. The van der Waals surface area contributed by atoms with E-state index in [1.807, 2.05) is 12.1 Å². The van der Waals surface area contributed by atoms with Crippen molar-refractivity contribution in [2.45, 2.75) is 31.8 Å². The second-order valence-corrected chi connectivity index (χ2v) is 8.28. The second-order valence-electron chi connectivity index (χ2n) is 8.28. The van der Waals surface area contributed by atoms with E-state index in [-0.39, 0.29) is 5.60 Å². The van der Waals surface area contributed by atoms with Gasteiger partial charge in [-0.05, 0) is 30.9 Å². The van der Waals surface area contributed by atoms with Crippen molar-refractivity contribution in [2.24, 2.45) is 5.92 Å². The monoisotopic (exact) mass is 368 g/mol. The maximum Gasteiger partial charge on any atom is 0.172 e. The van der Waals surface area contributed by atoms with E-state index < -0.39 is 0 Å². The van der Waals surface area contributed by atoms with Crippen molar-refractivity contribution in [2.75, 3.05) is 55.8 Å². The van der Waals surface area contributed by atoms with Crippen molar-refractivity contribution in [1.82, 2.24) is 9.97 Å². The molecule has 2 aromatic rings. The normalized spacial score (nSPS) is 27.0. The molecule has 0 amide bonds. The van der Waals surface area contributed by atoms with Gasteiger partial charge in [-0.25, -0.2) is 9.97 Å². The molecule has 3 aliphatic rings. The van der Waals surface area contributed by atoms with Gasteiger partial charge in [0.1, 0.15) is 5.60 Å². The summed E-state index contributed by atoms with van der Waals surface area (Å²) in [5.74, 6) is 2.84. The highest BCUT2D eigenvalue weighted by atomic mass is 16.6. The van der Waals surface area contributed by atoms with Gasteiger partial charge in [-0.15, -0.1) is 0 Å². The Morgan fingerprint density at radius 2 is 1.67 bits per heavy atom. The molecular weight excluding hydrogens is 340 g/mol. The highest BCUT2D eigenvalue weighted by Crippen LogP contribution is 2.35. The molecule has 27 heavy (non-hydrogen) atoms. The van der Waals surface area contributed by atoms with Gasteiger partial charge in [-0.3, -0.25) is 0 Å². The zero-order valence-corrected chi connectivity index (χ0v) is 16.1. The van der Waals surface area contributed by atoms with Crippen LogP contribution >= 0.6 is 0 Å². The first-order valence-electron chi connectivity index (χ1n) is 10.2. The Bertz CT molecular complexity index is 813. The van der Waals surface area contributed by atoms with Gasteiger partial charge in [0, 0.05) is 32.7 Å². The molecule has 1 spiro atoms. The van der Waals surface area contributed by atoms with Crippen LogP contribution in [-0.2, 0) is 9.47 Å². The molecule has 0 bridgehead atoms. The van der Waals surface area contributed by atoms with Crippen molar-refractivity contribution < 1.29 is 9.47 Å². The molecule has 1 atom stereocenters. The van der Waals surface area contributed by atoms with Gasteiger partial charge < -0.3 is 19.3 Å². The molecule has 1 aromatic heterocycles. The van der Waals surface area contributed by atoms with E-state index >= 15 is 0 Å². The molecule has 0 aliphatic carbocycles. The first kappa shape index (κ1) is 17.2. The lowest BCUT2D eigenvalue weighted by Crippen LogP contribution is -2.53. The fourth-order valence-electron chi connectivity index (χ4n) is 4.48. The van der Waals surface area contributed by atoms with Crippen molar-refractivity contribution in [3.8, 4) is 0 Å². The number of piperidine rings is 1. The lowest BCUT2D eigenvalue weighted by molar-refractivity contribution is -0.0581. The van der Waals surface area contributed by atoms with Crippen molar-refractivity contribution in [1.29, 1.82) is 0 Å². The molecule has 0 radical (unpaired) electrons. The summed E-state index contributed by atoms with van der Waals surface area (Å²) >= 11 is 0. The Kier molecular flexibility index (Phi) is 4.40. The number of aromatic nitrogens is 2. The standard InChI is InChI=1S/C21H28N4O2/c1-16-6-9-24(10-7-16)19-20(23-18-5-3-2-4-17(18)22-19)25-11-13-27-21(14-25)8-12-26-15-21/h2-5,16H,6-15H2,1H3. The summed E-state index contributed by atoms with van der Waals surface area (Å²) in [5, 5.41) is 0. The Balaban J connectivity index is 1.54. The molecule has 3 fully saturated rings. The predicted molar refractivity (Wildman–Crippen MR) is 106 cm³/mol.